The van der Waals surface area contributed by atoms with E-state index in [0.717, 1.165) is 36.3 Å². The quantitative estimate of drug-likeness (QED) is 0.620. The van der Waals surface area contributed by atoms with Crippen LogP contribution < -0.4 is 5.32 Å². The van der Waals surface area contributed by atoms with E-state index in [0.29, 0.717) is 28.9 Å². The van der Waals surface area contributed by atoms with Gasteiger partial charge in [0.2, 0.25) is 0 Å². The van der Waals surface area contributed by atoms with E-state index >= 15 is 0 Å². The van der Waals surface area contributed by atoms with E-state index in [1.807, 2.05) is 42.2 Å². The van der Waals surface area contributed by atoms with Crippen molar-refractivity contribution in [3.63, 3.8) is 0 Å². The second kappa shape index (κ2) is 9.43. The van der Waals surface area contributed by atoms with Crippen molar-refractivity contribution in [2.75, 3.05) is 18.4 Å². The number of carbonyl (C=O) groups excluding carboxylic acids is 1. The van der Waals surface area contributed by atoms with Crippen molar-refractivity contribution in [3.8, 4) is 11.4 Å². The van der Waals surface area contributed by atoms with E-state index in [4.69, 9.17) is 11.6 Å². The van der Waals surface area contributed by atoms with Gasteiger partial charge in [-0.1, -0.05) is 36.7 Å². The van der Waals surface area contributed by atoms with Crippen LogP contribution in [0, 0.1) is 12.8 Å². The number of nitrogens with one attached hydrogen (secondary N) is 1. The lowest BCUT2D eigenvalue weighted by Gasteiger charge is -2.40. The van der Waals surface area contributed by atoms with Gasteiger partial charge in [-0.15, -0.1) is 0 Å². The minimum absolute atomic E-state index is 0.0305. The Bertz CT molecular complexity index is 1040. The first-order valence-corrected chi connectivity index (χ1v) is 11.0. The van der Waals surface area contributed by atoms with Crippen molar-refractivity contribution >= 4 is 23.3 Å². The number of halogens is 1. The summed E-state index contributed by atoms with van der Waals surface area (Å²) in [6.45, 7) is 5.54. The van der Waals surface area contributed by atoms with Gasteiger partial charge in [-0.05, 0) is 49.4 Å². The third kappa shape index (κ3) is 4.69. The van der Waals surface area contributed by atoms with Gasteiger partial charge < -0.3 is 10.2 Å². The topological polar surface area (TPSA) is 71.0 Å². The Morgan fingerprint density at radius 3 is 2.71 bits per heavy atom. The fourth-order valence-corrected chi connectivity index (χ4v) is 4.33. The van der Waals surface area contributed by atoms with Crippen LogP contribution >= 0.6 is 11.6 Å². The van der Waals surface area contributed by atoms with Gasteiger partial charge in [-0.2, -0.15) is 0 Å². The highest BCUT2D eigenvalue weighted by Gasteiger charge is 2.34. The molecule has 1 fully saturated rings. The van der Waals surface area contributed by atoms with Crippen LogP contribution in [-0.2, 0) is 0 Å². The lowest BCUT2D eigenvalue weighted by molar-refractivity contribution is 0.0540. The first-order valence-electron chi connectivity index (χ1n) is 10.6. The number of piperidine rings is 1. The maximum absolute atomic E-state index is 13.8. The third-order valence-corrected chi connectivity index (χ3v) is 6.11. The molecule has 1 aliphatic rings. The van der Waals surface area contributed by atoms with Crippen LogP contribution in [0.2, 0.25) is 5.02 Å². The number of pyridine rings is 1. The molecule has 31 heavy (non-hydrogen) atoms. The number of benzene rings is 1. The number of anilines is 1. The first-order chi connectivity index (χ1) is 15.0. The Morgan fingerprint density at radius 1 is 1.16 bits per heavy atom. The standard InChI is InChI=1S/C24H26ClN5O/c1-16-7-4-13-30(20(16)15-29-21-10-9-18(25)14-28-21)24(31)22-17(2)6-3-8-19(22)23-26-11-5-12-27-23/h3,5-6,8-12,14,16,20H,4,7,13,15H2,1-2H3,(H,28,29)/t16?,20-/m1/s1. The average molecular weight is 436 g/mol. The van der Waals surface area contributed by atoms with Crippen LogP contribution in [0.1, 0.15) is 35.7 Å². The summed E-state index contributed by atoms with van der Waals surface area (Å²) in [5, 5.41) is 3.98. The number of carbonyl (C=O) groups is 1. The zero-order chi connectivity index (χ0) is 21.8. The molecule has 2 atom stereocenters. The van der Waals surface area contributed by atoms with Gasteiger partial charge in [0.05, 0.1) is 16.6 Å². The fraction of sp³-hybridized carbons (Fsp3) is 0.333. The van der Waals surface area contributed by atoms with E-state index < -0.39 is 0 Å². The molecule has 1 aliphatic heterocycles. The zero-order valence-electron chi connectivity index (χ0n) is 17.8. The van der Waals surface area contributed by atoms with Crippen LogP contribution in [0.15, 0.2) is 55.0 Å². The van der Waals surface area contributed by atoms with Gasteiger partial charge in [0.15, 0.2) is 5.82 Å². The van der Waals surface area contributed by atoms with Crippen molar-refractivity contribution in [3.05, 3.63) is 71.1 Å². The highest BCUT2D eigenvalue weighted by molar-refractivity contribution is 6.30. The van der Waals surface area contributed by atoms with Crippen LogP contribution in [0.4, 0.5) is 5.82 Å². The molecule has 6 nitrogen and oxygen atoms in total. The molecule has 0 aliphatic carbocycles. The summed E-state index contributed by atoms with van der Waals surface area (Å²) in [6, 6.07) is 11.3. The van der Waals surface area contributed by atoms with Gasteiger partial charge in [0.25, 0.3) is 5.91 Å². The normalized spacial score (nSPS) is 18.6. The summed E-state index contributed by atoms with van der Waals surface area (Å²) in [7, 11) is 0. The molecule has 4 rings (SSSR count). The maximum atomic E-state index is 13.8. The van der Waals surface area contributed by atoms with Crippen LogP contribution in [0.3, 0.4) is 0 Å². The second-order valence-electron chi connectivity index (χ2n) is 8.00. The Balaban J connectivity index is 1.62. The Hall–Kier alpha value is -2.99. The summed E-state index contributed by atoms with van der Waals surface area (Å²) in [6.07, 6.45) is 7.11. The molecule has 0 spiro atoms. The molecular weight excluding hydrogens is 410 g/mol. The Labute approximate surface area is 187 Å². The SMILES string of the molecule is Cc1cccc(-c2ncccn2)c1C(=O)N1CCCC(C)[C@H]1CNc1ccc(Cl)cn1. The van der Waals surface area contributed by atoms with Crippen molar-refractivity contribution in [1.29, 1.82) is 0 Å². The molecule has 1 N–H and O–H groups in total. The summed E-state index contributed by atoms with van der Waals surface area (Å²) < 4.78 is 0. The number of likely N-dealkylation sites (tertiary alicyclic amines) is 1. The van der Waals surface area contributed by atoms with E-state index in [2.05, 4.69) is 27.2 Å². The third-order valence-electron chi connectivity index (χ3n) is 5.89. The molecular formula is C24H26ClN5O. The molecule has 0 radical (unpaired) electrons. The first kappa shape index (κ1) is 21.2. The number of aryl methyl sites for hydroxylation is 1. The van der Waals surface area contributed by atoms with E-state index in [1.165, 1.54) is 0 Å². The van der Waals surface area contributed by atoms with Gasteiger partial charge in [0, 0.05) is 37.2 Å². The molecule has 1 amide bonds. The number of aromatic nitrogens is 3. The summed E-state index contributed by atoms with van der Waals surface area (Å²) in [4.78, 5) is 28.9. The molecule has 160 valence electrons. The van der Waals surface area contributed by atoms with Crippen LogP contribution in [-0.4, -0.2) is 44.9 Å². The molecule has 3 heterocycles. The molecule has 0 saturated carbocycles. The lowest BCUT2D eigenvalue weighted by atomic mass is 9.89. The van der Waals surface area contributed by atoms with E-state index in [-0.39, 0.29) is 11.9 Å². The molecule has 3 aromatic rings. The number of rotatable bonds is 5. The maximum Gasteiger partial charge on any atom is 0.255 e. The van der Waals surface area contributed by atoms with Gasteiger partial charge in [0.1, 0.15) is 5.82 Å². The van der Waals surface area contributed by atoms with Gasteiger partial charge in [-0.3, -0.25) is 4.79 Å². The zero-order valence-corrected chi connectivity index (χ0v) is 18.5. The largest absolute Gasteiger partial charge is 0.368 e. The predicted molar refractivity (Wildman–Crippen MR) is 123 cm³/mol. The second-order valence-corrected chi connectivity index (χ2v) is 8.43. The molecule has 1 aromatic carbocycles. The Kier molecular flexibility index (Phi) is 6.47. The highest BCUT2D eigenvalue weighted by Crippen LogP contribution is 2.30. The summed E-state index contributed by atoms with van der Waals surface area (Å²) >= 11 is 5.94. The van der Waals surface area contributed by atoms with Gasteiger partial charge in [-0.25, -0.2) is 15.0 Å². The monoisotopic (exact) mass is 435 g/mol. The summed E-state index contributed by atoms with van der Waals surface area (Å²) in [5.41, 5.74) is 2.38. The Morgan fingerprint density at radius 2 is 1.97 bits per heavy atom. The highest BCUT2D eigenvalue weighted by atomic mass is 35.5. The number of hydrogen-bond donors (Lipinski definition) is 1. The molecule has 1 unspecified atom stereocenters. The van der Waals surface area contributed by atoms with Crippen LogP contribution in [0.5, 0.6) is 0 Å². The number of hydrogen-bond acceptors (Lipinski definition) is 5. The minimum Gasteiger partial charge on any atom is -0.368 e. The molecule has 0 bridgehead atoms. The lowest BCUT2D eigenvalue weighted by Crippen LogP contribution is -2.51. The molecule has 2 aromatic heterocycles. The smallest absolute Gasteiger partial charge is 0.255 e. The van der Waals surface area contributed by atoms with E-state index in [1.54, 1.807) is 24.7 Å². The average Bonchev–Trinajstić information content (AvgIpc) is 2.79. The minimum atomic E-state index is 0.0305. The molecule has 7 heteroatoms. The van der Waals surface area contributed by atoms with Crippen molar-refractivity contribution in [1.82, 2.24) is 19.9 Å². The fourth-order valence-electron chi connectivity index (χ4n) is 4.22. The predicted octanol–water partition coefficient (Wildman–Crippen LogP) is 4.85. The van der Waals surface area contributed by atoms with Crippen LogP contribution in [0.25, 0.3) is 11.4 Å². The summed E-state index contributed by atoms with van der Waals surface area (Å²) in [5.74, 6) is 1.73. The van der Waals surface area contributed by atoms with E-state index in [9.17, 15) is 4.79 Å². The molecule has 1 saturated heterocycles. The number of amides is 1. The van der Waals surface area contributed by atoms with Crippen molar-refractivity contribution < 1.29 is 4.79 Å². The van der Waals surface area contributed by atoms with Crippen molar-refractivity contribution in [2.45, 2.75) is 32.7 Å². The van der Waals surface area contributed by atoms with Crippen molar-refractivity contribution in [2.24, 2.45) is 5.92 Å². The van der Waals surface area contributed by atoms with Gasteiger partial charge >= 0.3 is 0 Å². The number of nitrogens with zero attached hydrogens (tertiary/aromatic N) is 4.